The van der Waals surface area contributed by atoms with Gasteiger partial charge in [0.15, 0.2) is 0 Å². The lowest BCUT2D eigenvalue weighted by molar-refractivity contribution is -0.170. The minimum Gasteiger partial charge on any atom is -0.389 e. The lowest BCUT2D eigenvalue weighted by Gasteiger charge is -2.37. The number of ether oxygens (including phenoxy) is 1. The lowest BCUT2D eigenvalue weighted by Crippen LogP contribution is -2.50. The molecule has 0 bridgehead atoms. The van der Waals surface area contributed by atoms with Crippen molar-refractivity contribution in [3.05, 3.63) is 100 Å². The number of aromatic nitrogens is 1. The van der Waals surface area contributed by atoms with Crippen molar-refractivity contribution in [3.8, 4) is 0 Å². The molecule has 3 rings (SSSR count). The highest BCUT2D eigenvalue weighted by Crippen LogP contribution is 2.38. The van der Waals surface area contributed by atoms with Crippen molar-refractivity contribution in [2.75, 3.05) is 19.8 Å². The number of hydrogen-bond donors (Lipinski definition) is 2. The van der Waals surface area contributed by atoms with Gasteiger partial charge in [-0.15, -0.1) is 0 Å². The van der Waals surface area contributed by atoms with Crippen LogP contribution in [0, 0.1) is 5.82 Å². The fourth-order valence-corrected chi connectivity index (χ4v) is 3.98. The summed E-state index contributed by atoms with van der Waals surface area (Å²) in [4.78, 5) is 4.24. The molecule has 4 nitrogen and oxygen atoms in total. The van der Waals surface area contributed by atoms with E-state index >= 15 is 0 Å². The first-order valence-corrected chi connectivity index (χ1v) is 11.8. The lowest BCUT2D eigenvalue weighted by atomic mass is 9.79. The van der Waals surface area contributed by atoms with Gasteiger partial charge >= 0.3 is 18.5 Å². The summed E-state index contributed by atoms with van der Waals surface area (Å²) < 4.78 is 111. The molecule has 0 saturated carbocycles. The van der Waals surface area contributed by atoms with Crippen LogP contribution in [0.5, 0.6) is 0 Å². The molecular weight excluding hydrogens is 560 g/mol. The van der Waals surface area contributed by atoms with E-state index in [2.05, 4.69) is 15.0 Å². The monoisotopic (exact) mass is 582 g/mol. The number of rotatable bonds is 12. The smallest absolute Gasteiger partial charge is 0.389 e. The van der Waals surface area contributed by atoms with E-state index in [4.69, 9.17) is 11.6 Å². The van der Waals surface area contributed by atoms with Gasteiger partial charge in [0.25, 0.3) is 0 Å². The number of nitrogens with one attached hydrogen (secondary N) is 1. The van der Waals surface area contributed by atoms with Crippen LogP contribution in [-0.2, 0) is 22.9 Å². The van der Waals surface area contributed by atoms with Crippen LogP contribution >= 0.6 is 11.6 Å². The van der Waals surface area contributed by atoms with Gasteiger partial charge in [-0.25, -0.2) is 13.2 Å². The Morgan fingerprint density at radius 3 is 2.21 bits per heavy atom. The molecule has 0 aliphatic carbocycles. The first-order chi connectivity index (χ1) is 18.2. The molecule has 1 aromatic heterocycles. The van der Waals surface area contributed by atoms with Crippen LogP contribution in [-0.4, -0.2) is 48.3 Å². The van der Waals surface area contributed by atoms with Crippen LogP contribution in [0.1, 0.15) is 22.4 Å². The molecule has 0 fully saturated rings. The van der Waals surface area contributed by atoms with Gasteiger partial charge in [-0.3, -0.25) is 10.3 Å². The van der Waals surface area contributed by atoms with Crippen molar-refractivity contribution in [3.63, 3.8) is 0 Å². The second-order valence-electron chi connectivity index (χ2n) is 8.77. The minimum atomic E-state index is -4.90. The van der Waals surface area contributed by atoms with Crippen LogP contribution in [0.3, 0.4) is 0 Å². The summed E-state index contributed by atoms with van der Waals surface area (Å²) in [6, 6.07) is 13.2. The average molecular weight is 583 g/mol. The Labute approximate surface area is 223 Å². The van der Waals surface area contributed by atoms with E-state index < -0.39 is 61.3 Å². The van der Waals surface area contributed by atoms with E-state index in [1.165, 1.54) is 18.3 Å². The van der Waals surface area contributed by atoms with E-state index in [1.807, 2.05) is 0 Å². The standard InChI is InChI=1S/C26H23ClF8N2O2/c27-19-6-7-22(36-12-19)24(11-16-4-2-1-3-5-16,17-8-18(26(33,34)35)10-20(28)9-17)37-13-21(38)14-39-15-25(31,32)23(29)30/h1-10,12,21,23,37-38H,11,13-15H2/t21?,24-/m0/s1. The summed E-state index contributed by atoms with van der Waals surface area (Å²) in [6.07, 6.45) is -9.31. The van der Waals surface area contributed by atoms with Crippen LogP contribution in [0.4, 0.5) is 35.1 Å². The van der Waals surface area contributed by atoms with Gasteiger partial charge in [0.2, 0.25) is 0 Å². The summed E-state index contributed by atoms with van der Waals surface area (Å²) in [6.45, 7) is -2.95. The van der Waals surface area contributed by atoms with Crippen LogP contribution in [0.25, 0.3) is 0 Å². The summed E-state index contributed by atoms with van der Waals surface area (Å²) in [5.41, 5.74) is -2.49. The van der Waals surface area contributed by atoms with Crippen LogP contribution in [0.2, 0.25) is 5.02 Å². The first kappa shape index (κ1) is 30.7. The van der Waals surface area contributed by atoms with Gasteiger partial charge in [-0.2, -0.15) is 22.0 Å². The number of nitrogens with zero attached hydrogens (tertiary/aromatic N) is 1. The van der Waals surface area contributed by atoms with Crippen molar-refractivity contribution in [1.29, 1.82) is 0 Å². The average Bonchev–Trinajstić information content (AvgIpc) is 2.86. The van der Waals surface area contributed by atoms with Gasteiger partial charge < -0.3 is 9.84 Å². The Morgan fingerprint density at radius 2 is 1.62 bits per heavy atom. The minimum absolute atomic E-state index is 0.0970. The van der Waals surface area contributed by atoms with Crippen molar-refractivity contribution in [2.24, 2.45) is 0 Å². The Hall–Kier alpha value is -2.80. The molecule has 3 aromatic rings. The van der Waals surface area contributed by atoms with E-state index in [9.17, 15) is 40.2 Å². The number of aliphatic hydroxyl groups excluding tert-OH is 1. The molecule has 2 atom stereocenters. The Kier molecular flexibility index (Phi) is 9.92. The third-order valence-electron chi connectivity index (χ3n) is 5.76. The third kappa shape index (κ3) is 8.10. The highest BCUT2D eigenvalue weighted by Gasteiger charge is 2.42. The molecule has 1 heterocycles. The molecule has 13 heteroatoms. The van der Waals surface area contributed by atoms with Crippen molar-refractivity contribution in [1.82, 2.24) is 10.3 Å². The number of pyridine rings is 1. The number of aliphatic hydroxyl groups is 1. The Balaban J connectivity index is 2.04. The molecular formula is C26H23ClF8N2O2. The zero-order chi connectivity index (χ0) is 28.8. The number of hydrogen-bond acceptors (Lipinski definition) is 4. The molecule has 2 aromatic carbocycles. The van der Waals surface area contributed by atoms with Crippen molar-refractivity contribution in [2.45, 2.75) is 36.6 Å². The molecule has 0 radical (unpaired) electrons. The van der Waals surface area contributed by atoms with E-state index in [0.29, 0.717) is 11.6 Å². The van der Waals surface area contributed by atoms with Gasteiger partial charge in [-0.05, 0) is 41.5 Å². The SMILES string of the molecule is OC(CN[C@@](Cc1ccccc1)(c1cc(F)cc(C(F)(F)F)c1)c1ccc(Cl)cn1)COCC(F)(F)C(F)F. The normalized spacial score (nSPS) is 14.8. The molecule has 0 saturated heterocycles. The van der Waals surface area contributed by atoms with Gasteiger partial charge in [-0.1, -0.05) is 41.9 Å². The largest absolute Gasteiger partial charge is 0.416 e. The molecule has 0 spiro atoms. The van der Waals surface area contributed by atoms with E-state index in [1.54, 1.807) is 30.3 Å². The van der Waals surface area contributed by atoms with Gasteiger partial charge in [0.05, 0.1) is 34.5 Å². The van der Waals surface area contributed by atoms with Crippen molar-refractivity contribution >= 4 is 11.6 Å². The van der Waals surface area contributed by atoms with E-state index in [0.717, 1.165) is 12.1 Å². The molecule has 0 aliphatic heterocycles. The van der Waals surface area contributed by atoms with Crippen molar-refractivity contribution < 1.29 is 45.0 Å². The molecule has 0 amide bonds. The molecule has 39 heavy (non-hydrogen) atoms. The highest BCUT2D eigenvalue weighted by molar-refractivity contribution is 6.30. The Morgan fingerprint density at radius 1 is 0.949 bits per heavy atom. The molecule has 1 unspecified atom stereocenters. The maximum Gasteiger partial charge on any atom is 0.416 e. The molecule has 2 N–H and O–H groups in total. The summed E-state index contributed by atoms with van der Waals surface area (Å²) in [7, 11) is 0. The summed E-state index contributed by atoms with van der Waals surface area (Å²) in [5, 5.41) is 13.5. The van der Waals surface area contributed by atoms with Gasteiger partial charge in [0.1, 0.15) is 12.4 Å². The first-order valence-electron chi connectivity index (χ1n) is 11.4. The summed E-state index contributed by atoms with van der Waals surface area (Å²) in [5.74, 6) is -5.63. The second kappa shape index (κ2) is 12.6. The highest BCUT2D eigenvalue weighted by atomic mass is 35.5. The third-order valence-corrected chi connectivity index (χ3v) is 5.98. The fraction of sp³-hybridized carbons (Fsp3) is 0.346. The zero-order valence-electron chi connectivity index (χ0n) is 20.0. The maximum absolute atomic E-state index is 14.6. The van der Waals surface area contributed by atoms with Crippen LogP contribution < -0.4 is 5.32 Å². The second-order valence-corrected chi connectivity index (χ2v) is 9.20. The molecule has 0 aliphatic rings. The quantitative estimate of drug-likeness (QED) is 0.248. The van der Waals surface area contributed by atoms with Gasteiger partial charge in [0, 0.05) is 19.2 Å². The predicted molar refractivity (Wildman–Crippen MR) is 127 cm³/mol. The molecule has 212 valence electrons. The predicted octanol–water partition coefficient (Wildman–Crippen LogP) is 6.25. The number of halogens is 9. The van der Waals surface area contributed by atoms with E-state index in [-0.39, 0.29) is 22.7 Å². The summed E-state index contributed by atoms with van der Waals surface area (Å²) >= 11 is 5.96. The Bertz CT molecular complexity index is 1210. The fourth-order valence-electron chi connectivity index (χ4n) is 3.87. The number of alkyl halides is 7. The van der Waals surface area contributed by atoms with Crippen LogP contribution in [0.15, 0.2) is 66.9 Å². The maximum atomic E-state index is 14.6. The topological polar surface area (TPSA) is 54.4 Å². The number of benzene rings is 2. The zero-order valence-corrected chi connectivity index (χ0v) is 20.8.